The van der Waals surface area contributed by atoms with E-state index in [2.05, 4.69) is 15.0 Å². The number of rotatable bonds is 2. The van der Waals surface area contributed by atoms with Crippen molar-refractivity contribution in [3.63, 3.8) is 0 Å². The van der Waals surface area contributed by atoms with Gasteiger partial charge in [-0.1, -0.05) is 5.16 Å². The van der Waals surface area contributed by atoms with Crippen molar-refractivity contribution < 1.29 is 14.1 Å². The van der Waals surface area contributed by atoms with Crippen molar-refractivity contribution in [3.05, 3.63) is 11.7 Å². The van der Waals surface area contributed by atoms with Gasteiger partial charge in [0, 0.05) is 12.6 Å². The first-order valence-corrected chi connectivity index (χ1v) is 5.51. The summed E-state index contributed by atoms with van der Waals surface area (Å²) < 4.78 is 10.4. The molecule has 6 heteroatoms. The molecule has 16 heavy (non-hydrogen) atoms. The highest BCUT2D eigenvalue weighted by molar-refractivity contribution is 5.66. The van der Waals surface area contributed by atoms with Crippen LogP contribution in [0.25, 0.3) is 0 Å². The number of fused-ring (bicyclic) bond motifs is 1. The highest BCUT2D eigenvalue weighted by atomic mass is 16.5. The van der Waals surface area contributed by atoms with Crippen LogP contribution in [0.15, 0.2) is 4.52 Å². The molecule has 0 N–H and O–H groups in total. The Morgan fingerprint density at radius 3 is 3.25 bits per heavy atom. The zero-order valence-corrected chi connectivity index (χ0v) is 8.83. The largest absolute Gasteiger partial charge is 0.367 e. The molecule has 0 saturated carbocycles. The van der Waals surface area contributed by atoms with Crippen molar-refractivity contribution in [1.82, 2.24) is 15.0 Å². The van der Waals surface area contributed by atoms with Crippen molar-refractivity contribution in [3.8, 4) is 0 Å². The molecule has 86 valence electrons. The van der Waals surface area contributed by atoms with Crippen LogP contribution < -0.4 is 0 Å². The number of hydrogen-bond acceptors (Lipinski definition) is 6. The first-order chi connectivity index (χ1) is 7.86. The van der Waals surface area contributed by atoms with Crippen LogP contribution in [0.1, 0.15) is 35.5 Å². The average molecular weight is 223 g/mol. The first kappa shape index (κ1) is 9.92. The molecule has 2 aliphatic heterocycles. The smallest absolute Gasteiger partial charge is 0.290 e. The fourth-order valence-corrected chi connectivity index (χ4v) is 2.40. The van der Waals surface area contributed by atoms with Crippen molar-refractivity contribution in [2.45, 2.75) is 25.0 Å². The summed E-state index contributed by atoms with van der Waals surface area (Å²) >= 11 is 0. The van der Waals surface area contributed by atoms with E-state index in [9.17, 15) is 4.79 Å². The highest BCUT2D eigenvalue weighted by Crippen LogP contribution is 2.28. The van der Waals surface area contributed by atoms with E-state index in [1.165, 1.54) is 12.8 Å². The third-order valence-electron chi connectivity index (χ3n) is 3.24. The molecule has 1 aromatic heterocycles. The fraction of sp³-hybridized carbons (Fsp3) is 0.700. The molecule has 0 aromatic carbocycles. The maximum atomic E-state index is 10.4. The summed E-state index contributed by atoms with van der Waals surface area (Å²) in [6, 6.07) is 0.550. The molecule has 2 saturated heterocycles. The molecule has 2 fully saturated rings. The van der Waals surface area contributed by atoms with Crippen LogP contribution in [-0.2, 0) is 4.74 Å². The molecule has 0 bridgehead atoms. The second kappa shape index (κ2) is 3.95. The second-order valence-electron chi connectivity index (χ2n) is 4.22. The van der Waals surface area contributed by atoms with Gasteiger partial charge >= 0.3 is 0 Å². The van der Waals surface area contributed by atoms with Gasteiger partial charge in [-0.15, -0.1) is 0 Å². The number of hydrogen-bond donors (Lipinski definition) is 0. The zero-order chi connectivity index (χ0) is 11.0. The lowest BCUT2D eigenvalue weighted by atomic mass is 10.2. The molecule has 2 unspecified atom stereocenters. The predicted octanol–water partition coefficient (Wildman–Crippen LogP) is 0.418. The van der Waals surface area contributed by atoms with Crippen LogP contribution >= 0.6 is 0 Å². The molecule has 3 rings (SSSR count). The minimum absolute atomic E-state index is 0.0159. The highest BCUT2D eigenvalue weighted by Gasteiger charge is 2.34. The summed E-state index contributed by atoms with van der Waals surface area (Å²) in [5.74, 6) is 0.495. The quantitative estimate of drug-likeness (QED) is 0.677. The zero-order valence-electron chi connectivity index (χ0n) is 8.83. The molecule has 0 spiro atoms. The van der Waals surface area contributed by atoms with E-state index < -0.39 is 0 Å². The van der Waals surface area contributed by atoms with Gasteiger partial charge in [-0.3, -0.25) is 9.69 Å². The Morgan fingerprint density at radius 2 is 2.44 bits per heavy atom. The van der Waals surface area contributed by atoms with Gasteiger partial charge in [0.25, 0.3) is 5.89 Å². The van der Waals surface area contributed by atoms with Crippen molar-refractivity contribution in [2.75, 3.05) is 19.7 Å². The van der Waals surface area contributed by atoms with Gasteiger partial charge < -0.3 is 9.26 Å². The Balaban J connectivity index is 1.73. The monoisotopic (exact) mass is 223 g/mol. The number of aldehydes is 1. The van der Waals surface area contributed by atoms with Gasteiger partial charge in [0.15, 0.2) is 0 Å². The van der Waals surface area contributed by atoms with Crippen LogP contribution in [0.2, 0.25) is 0 Å². The van der Waals surface area contributed by atoms with Crippen LogP contribution in [0.5, 0.6) is 0 Å². The minimum Gasteiger partial charge on any atom is -0.367 e. The number of carbonyl (C=O) groups is 1. The van der Waals surface area contributed by atoms with E-state index in [1.54, 1.807) is 0 Å². The van der Waals surface area contributed by atoms with Gasteiger partial charge in [-0.25, -0.2) is 0 Å². The standard InChI is InChI=1S/C10H13N3O3/c14-5-9-11-10(12-16-9)8-4-13-3-1-2-7(13)6-15-8/h5,7-8H,1-4,6H2. The van der Waals surface area contributed by atoms with E-state index in [4.69, 9.17) is 9.26 Å². The lowest BCUT2D eigenvalue weighted by Crippen LogP contribution is -2.42. The van der Waals surface area contributed by atoms with Gasteiger partial charge in [0.1, 0.15) is 6.10 Å². The van der Waals surface area contributed by atoms with E-state index in [0.29, 0.717) is 18.2 Å². The number of carbonyl (C=O) groups excluding carboxylic acids is 1. The molecule has 0 amide bonds. The molecule has 0 radical (unpaired) electrons. The third-order valence-corrected chi connectivity index (χ3v) is 3.24. The molecular weight excluding hydrogens is 210 g/mol. The molecule has 2 atom stereocenters. The molecular formula is C10H13N3O3. The van der Waals surface area contributed by atoms with Crippen molar-refractivity contribution in [2.24, 2.45) is 0 Å². The molecule has 3 heterocycles. The van der Waals surface area contributed by atoms with E-state index in [0.717, 1.165) is 19.7 Å². The minimum atomic E-state index is -0.160. The van der Waals surface area contributed by atoms with Crippen molar-refractivity contribution >= 4 is 6.29 Å². The summed E-state index contributed by atoms with van der Waals surface area (Å²) in [5.41, 5.74) is 0. The number of nitrogens with zero attached hydrogens (tertiary/aromatic N) is 3. The molecule has 2 aliphatic rings. The molecule has 1 aromatic rings. The van der Waals surface area contributed by atoms with Crippen LogP contribution in [0.4, 0.5) is 0 Å². The number of aromatic nitrogens is 2. The normalized spacial score (nSPS) is 30.2. The van der Waals surface area contributed by atoms with Gasteiger partial charge in [0.2, 0.25) is 12.1 Å². The molecule has 6 nitrogen and oxygen atoms in total. The Labute approximate surface area is 92.6 Å². The van der Waals surface area contributed by atoms with Crippen LogP contribution in [0.3, 0.4) is 0 Å². The first-order valence-electron chi connectivity index (χ1n) is 5.51. The number of ether oxygens (including phenoxy) is 1. The topological polar surface area (TPSA) is 68.5 Å². The summed E-state index contributed by atoms with van der Waals surface area (Å²) in [4.78, 5) is 16.8. The van der Waals surface area contributed by atoms with Gasteiger partial charge in [-0.05, 0) is 19.4 Å². The summed E-state index contributed by atoms with van der Waals surface area (Å²) in [5, 5.41) is 3.76. The Bertz CT molecular complexity index is 392. The van der Waals surface area contributed by atoms with E-state index in [-0.39, 0.29) is 12.0 Å². The van der Waals surface area contributed by atoms with Crippen LogP contribution in [-0.4, -0.2) is 47.1 Å². The van der Waals surface area contributed by atoms with E-state index in [1.807, 2.05) is 0 Å². The lowest BCUT2D eigenvalue weighted by molar-refractivity contribution is -0.0548. The third kappa shape index (κ3) is 1.64. The maximum Gasteiger partial charge on any atom is 0.290 e. The molecule has 0 aliphatic carbocycles. The second-order valence-corrected chi connectivity index (χ2v) is 4.22. The lowest BCUT2D eigenvalue weighted by Gasteiger charge is -2.33. The predicted molar refractivity (Wildman–Crippen MR) is 53.0 cm³/mol. The van der Waals surface area contributed by atoms with Crippen molar-refractivity contribution in [1.29, 1.82) is 0 Å². The average Bonchev–Trinajstić information content (AvgIpc) is 2.96. The maximum absolute atomic E-state index is 10.4. The fourth-order valence-electron chi connectivity index (χ4n) is 2.40. The van der Waals surface area contributed by atoms with E-state index >= 15 is 0 Å². The van der Waals surface area contributed by atoms with Gasteiger partial charge in [0.05, 0.1) is 6.61 Å². The van der Waals surface area contributed by atoms with Gasteiger partial charge in [-0.2, -0.15) is 4.98 Å². The van der Waals surface area contributed by atoms with Crippen LogP contribution in [0, 0.1) is 0 Å². The Kier molecular flexibility index (Phi) is 2.45. The Morgan fingerprint density at radius 1 is 1.50 bits per heavy atom. The summed E-state index contributed by atoms with van der Waals surface area (Å²) in [6.45, 7) is 2.63. The number of morpholine rings is 1. The summed E-state index contributed by atoms with van der Waals surface area (Å²) in [7, 11) is 0. The Hall–Kier alpha value is -1.27. The summed E-state index contributed by atoms with van der Waals surface area (Å²) in [6.07, 6.45) is 2.83. The SMILES string of the molecule is O=Cc1nc(C2CN3CCCC3CO2)no1.